The van der Waals surface area contributed by atoms with E-state index in [1.54, 1.807) is 0 Å². The molecule has 3 rings (SSSR count). The monoisotopic (exact) mass is 207 g/mol. The predicted octanol–water partition coefficient (Wildman–Crippen LogP) is 1.77. The molecule has 1 N–H and O–H groups in total. The van der Waals surface area contributed by atoms with Crippen molar-refractivity contribution in [1.29, 1.82) is 0 Å². The molecule has 0 amide bonds. The second kappa shape index (κ2) is 3.20. The molecule has 1 aromatic carbocycles. The molecule has 2 unspecified atom stereocenters. The smallest absolute Gasteiger partial charge is 0.165 e. The third-order valence-corrected chi connectivity index (χ3v) is 3.65. The van der Waals surface area contributed by atoms with Gasteiger partial charge in [-0.25, -0.2) is 4.39 Å². The first kappa shape index (κ1) is 9.16. The maximum atomic E-state index is 13.2. The number of ether oxygens (including phenoxy) is 1. The van der Waals surface area contributed by atoms with Gasteiger partial charge in [-0.05, 0) is 48.5 Å². The van der Waals surface area contributed by atoms with Crippen molar-refractivity contribution in [3.05, 3.63) is 29.6 Å². The standard InChI is InChI=1S/C12H14FNO/c1-15-11-4-7(2-3-10(11)13)12-8-5-14-6-9(8)12/h2-4,8-9,12,14H,5-6H2,1H3. The van der Waals surface area contributed by atoms with E-state index in [1.807, 2.05) is 12.1 Å². The molecular formula is C12H14FNO. The highest BCUT2D eigenvalue weighted by molar-refractivity contribution is 5.37. The number of nitrogens with one attached hydrogen (secondary N) is 1. The van der Waals surface area contributed by atoms with Crippen molar-refractivity contribution < 1.29 is 9.13 Å². The molecule has 0 radical (unpaired) electrons. The highest BCUT2D eigenvalue weighted by Gasteiger charge is 2.53. The molecule has 3 heteroatoms. The number of hydrogen-bond acceptors (Lipinski definition) is 2. The minimum Gasteiger partial charge on any atom is -0.494 e. The molecule has 2 nitrogen and oxygen atoms in total. The fourth-order valence-corrected chi connectivity index (χ4v) is 2.80. The maximum absolute atomic E-state index is 13.2. The number of piperidine rings is 1. The molecular weight excluding hydrogens is 193 g/mol. The SMILES string of the molecule is COc1cc(C2C3CNCC32)ccc1F. The topological polar surface area (TPSA) is 21.3 Å². The summed E-state index contributed by atoms with van der Waals surface area (Å²) >= 11 is 0. The third kappa shape index (κ3) is 1.34. The normalized spacial score (nSPS) is 32.5. The molecule has 1 saturated carbocycles. The molecule has 15 heavy (non-hydrogen) atoms. The average molecular weight is 207 g/mol. The lowest BCUT2D eigenvalue weighted by molar-refractivity contribution is 0.385. The van der Waals surface area contributed by atoms with Gasteiger partial charge in [-0.15, -0.1) is 0 Å². The fourth-order valence-electron chi connectivity index (χ4n) is 2.80. The summed E-state index contributed by atoms with van der Waals surface area (Å²) in [5.41, 5.74) is 1.23. The first-order chi connectivity index (χ1) is 7.31. The van der Waals surface area contributed by atoms with Crippen LogP contribution < -0.4 is 10.1 Å². The summed E-state index contributed by atoms with van der Waals surface area (Å²) in [6, 6.07) is 5.24. The van der Waals surface area contributed by atoms with E-state index in [0.717, 1.165) is 24.9 Å². The molecule has 2 atom stereocenters. The van der Waals surface area contributed by atoms with E-state index in [1.165, 1.54) is 18.7 Å². The molecule has 0 bridgehead atoms. The number of benzene rings is 1. The Morgan fingerprint density at radius 2 is 2.07 bits per heavy atom. The van der Waals surface area contributed by atoms with Crippen LogP contribution in [-0.4, -0.2) is 20.2 Å². The van der Waals surface area contributed by atoms with E-state index in [4.69, 9.17) is 4.74 Å². The fraction of sp³-hybridized carbons (Fsp3) is 0.500. The van der Waals surface area contributed by atoms with Gasteiger partial charge < -0.3 is 10.1 Å². The van der Waals surface area contributed by atoms with E-state index >= 15 is 0 Å². The summed E-state index contributed by atoms with van der Waals surface area (Å²) in [6.07, 6.45) is 0. The first-order valence-corrected chi connectivity index (χ1v) is 5.35. The van der Waals surface area contributed by atoms with Crippen LogP contribution in [0.1, 0.15) is 11.5 Å². The van der Waals surface area contributed by atoms with E-state index in [0.29, 0.717) is 11.7 Å². The highest BCUT2D eigenvalue weighted by atomic mass is 19.1. The van der Waals surface area contributed by atoms with Gasteiger partial charge in [0.05, 0.1) is 7.11 Å². The Morgan fingerprint density at radius 3 is 2.73 bits per heavy atom. The molecule has 0 spiro atoms. The van der Waals surface area contributed by atoms with Gasteiger partial charge in [-0.1, -0.05) is 6.07 Å². The van der Waals surface area contributed by atoms with Gasteiger partial charge in [0.25, 0.3) is 0 Å². The number of hydrogen-bond donors (Lipinski definition) is 1. The molecule has 1 heterocycles. The third-order valence-electron chi connectivity index (χ3n) is 3.65. The molecule has 1 aromatic rings. The second-order valence-corrected chi connectivity index (χ2v) is 4.41. The van der Waals surface area contributed by atoms with Gasteiger partial charge in [0.15, 0.2) is 11.6 Å². The van der Waals surface area contributed by atoms with E-state index < -0.39 is 0 Å². The van der Waals surface area contributed by atoms with Crippen LogP contribution in [0.3, 0.4) is 0 Å². The summed E-state index contributed by atoms with van der Waals surface area (Å²) in [6.45, 7) is 2.21. The van der Waals surface area contributed by atoms with Crippen molar-refractivity contribution in [1.82, 2.24) is 5.32 Å². The van der Waals surface area contributed by atoms with Gasteiger partial charge in [0.1, 0.15) is 0 Å². The lowest BCUT2D eigenvalue weighted by atomic mass is 10.1. The first-order valence-electron chi connectivity index (χ1n) is 5.35. The van der Waals surface area contributed by atoms with E-state index in [9.17, 15) is 4.39 Å². The lowest BCUT2D eigenvalue weighted by Crippen LogP contribution is -2.14. The lowest BCUT2D eigenvalue weighted by Gasteiger charge is -2.07. The van der Waals surface area contributed by atoms with E-state index in [-0.39, 0.29) is 5.82 Å². The predicted molar refractivity (Wildman–Crippen MR) is 55.5 cm³/mol. The van der Waals surface area contributed by atoms with Crippen LogP contribution >= 0.6 is 0 Å². The largest absolute Gasteiger partial charge is 0.494 e. The minimum absolute atomic E-state index is 0.273. The quantitative estimate of drug-likeness (QED) is 0.798. The Bertz CT molecular complexity index is 383. The van der Waals surface area contributed by atoms with Crippen LogP contribution in [-0.2, 0) is 0 Å². The van der Waals surface area contributed by atoms with Crippen molar-refractivity contribution in [2.45, 2.75) is 5.92 Å². The molecule has 0 aromatic heterocycles. The van der Waals surface area contributed by atoms with Crippen LogP contribution in [0.15, 0.2) is 18.2 Å². The zero-order valence-corrected chi connectivity index (χ0v) is 8.66. The summed E-state index contributed by atoms with van der Waals surface area (Å²) in [4.78, 5) is 0. The summed E-state index contributed by atoms with van der Waals surface area (Å²) < 4.78 is 18.2. The number of halogens is 1. The Kier molecular flexibility index (Phi) is 1.96. The zero-order valence-electron chi connectivity index (χ0n) is 8.66. The Hall–Kier alpha value is -1.09. The molecule has 2 fully saturated rings. The van der Waals surface area contributed by atoms with Crippen LogP contribution in [0.4, 0.5) is 4.39 Å². The van der Waals surface area contributed by atoms with Crippen molar-refractivity contribution in [2.75, 3.05) is 20.2 Å². The molecule has 1 aliphatic heterocycles. The number of rotatable bonds is 2. The average Bonchev–Trinajstić information content (AvgIpc) is 2.73. The summed E-state index contributed by atoms with van der Waals surface area (Å²) in [5.74, 6) is 2.25. The zero-order chi connectivity index (χ0) is 10.4. The van der Waals surface area contributed by atoms with Crippen LogP contribution in [0.5, 0.6) is 5.75 Å². The number of fused-ring (bicyclic) bond motifs is 1. The molecule has 2 aliphatic rings. The van der Waals surface area contributed by atoms with Crippen molar-refractivity contribution in [3.8, 4) is 5.75 Å². The van der Waals surface area contributed by atoms with Crippen LogP contribution in [0.25, 0.3) is 0 Å². The second-order valence-electron chi connectivity index (χ2n) is 4.41. The van der Waals surface area contributed by atoms with Gasteiger partial charge >= 0.3 is 0 Å². The van der Waals surface area contributed by atoms with Gasteiger partial charge in [-0.3, -0.25) is 0 Å². The van der Waals surface area contributed by atoms with Crippen LogP contribution in [0.2, 0.25) is 0 Å². The van der Waals surface area contributed by atoms with Gasteiger partial charge in [0.2, 0.25) is 0 Å². The summed E-state index contributed by atoms with van der Waals surface area (Å²) in [7, 11) is 1.51. The van der Waals surface area contributed by atoms with E-state index in [2.05, 4.69) is 5.32 Å². The summed E-state index contributed by atoms with van der Waals surface area (Å²) in [5, 5.41) is 3.36. The van der Waals surface area contributed by atoms with Gasteiger partial charge in [-0.2, -0.15) is 0 Å². The van der Waals surface area contributed by atoms with Crippen molar-refractivity contribution in [2.24, 2.45) is 11.8 Å². The van der Waals surface area contributed by atoms with Gasteiger partial charge in [0, 0.05) is 0 Å². The Balaban J connectivity index is 1.87. The Morgan fingerprint density at radius 1 is 1.33 bits per heavy atom. The van der Waals surface area contributed by atoms with Crippen molar-refractivity contribution in [3.63, 3.8) is 0 Å². The maximum Gasteiger partial charge on any atom is 0.165 e. The number of methoxy groups -OCH3 is 1. The Labute approximate surface area is 88.4 Å². The molecule has 1 aliphatic carbocycles. The molecule has 80 valence electrons. The molecule has 1 saturated heterocycles. The van der Waals surface area contributed by atoms with Crippen LogP contribution in [0, 0.1) is 17.7 Å². The van der Waals surface area contributed by atoms with Crippen molar-refractivity contribution >= 4 is 0 Å². The highest BCUT2D eigenvalue weighted by Crippen LogP contribution is 2.56. The minimum atomic E-state index is -0.273.